The highest BCUT2D eigenvalue weighted by atomic mass is 16.4. The predicted molar refractivity (Wildman–Crippen MR) is 99.5 cm³/mol. The zero-order valence-electron chi connectivity index (χ0n) is 15.2. The summed E-state index contributed by atoms with van der Waals surface area (Å²) in [5.41, 5.74) is 2.71. The van der Waals surface area contributed by atoms with E-state index < -0.39 is 36.4 Å². The topological polar surface area (TPSA) is 156 Å². The molecule has 0 aliphatic carbocycles. The molecule has 0 saturated carbocycles. The van der Waals surface area contributed by atoms with Gasteiger partial charge in [-0.25, -0.2) is 4.79 Å². The van der Waals surface area contributed by atoms with Crippen LogP contribution in [0.4, 0.5) is 0 Å². The summed E-state index contributed by atoms with van der Waals surface area (Å²) >= 11 is 0. The first-order valence-electron chi connectivity index (χ1n) is 8.19. The van der Waals surface area contributed by atoms with Crippen LogP contribution in [0, 0.1) is 0 Å². The molecule has 0 unspecified atom stereocenters. The lowest BCUT2D eigenvalue weighted by Gasteiger charge is -2.18. The second-order valence-corrected chi connectivity index (χ2v) is 5.41. The SMILES string of the molecule is C=C=CCNCCCCNCC=C=C.O=C(O)CC(O)(CC(=O)O)C(=O)O. The minimum Gasteiger partial charge on any atom is -0.481 e. The maximum Gasteiger partial charge on any atom is 0.336 e. The fourth-order valence-corrected chi connectivity index (χ4v) is 1.71. The Bertz CT molecular complexity index is 522. The van der Waals surface area contributed by atoms with E-state index in [2.05, 4.69) is 35.3 Å². The highest BCUT2D eigenvalue weighted by Gasteiger charge is 2.40. The van der Waals surface area contributed by atoms with Gasteiger partial charge in [0.15, 0.2) is 5.60 Å². The summed E-state index contributed by atoms with van der Waals surface area (Å²) in [6.07, 6.45) is 3.88. The van der Waals surface area contributed by atoms with Crippen LogP contribution >= 0.6 is 0 Å². The van der Waals surface area contributed by atoms with Crippen LogP contribution in [0.25, 0.3) is 0 Å². The molecule has 0 spiro atoms. The largest absolute Gasteiger partial charge is 0.481 e. The van der Waals surface area contributed by atoms with Crippen LogP contribution < -0.4 is 10.6 Å². The van der Waals surface area contributed by atoms with Crippen molar-refractivity contribution in [2.24, 2.45) is 0 Å². The Labute approximate surface area is 158 Å². The zero-order chi connectivity index (χ0) is 21.1. The first-order valence-corrected chi connectivity index (χ1v) is 8.19. The molecule has 0 aromatic carbocycles. The average Bonchev–Trinajstić information content (AvgIpc) is 2.55. The minimum atomic E-state index is -2.74. The van der Waals surface area contributed by atoms with E-state index in [1.54, 1.807) is 0 Å². The smallest absolute Gasteiger partial charge is 0.336 e. The molecule has 9 nitrogen and oxygen atoms in total. The summed E-state index contributed by atoms with van der Waals surface area (Å²) in [5.74, 6) is -5.02. The summed E-state index contributed by atoms with van der Waals surface area (Å²) < 4.78 is 0. The molecular weight excluding hydrogens is 356 g/mol. The van der Waals surface area contributed by atoms with Crippen molar-refractivity contribution in [3.63, 3.8) is 0 Å². The molecule has 0 amide bonds. The quantitative estimate of drug-likeness (QED) is 0.184. The third-order valence-corrected chi connectivity index (χ3v) is 3.02. The van der Waals surface area contributed by atoms with E-state index in [-0.39, 0.29) is 0 Å². The van der Waals surface area contributed by atoms with Crippen molar-refractivity contribution in [1.82, 2.24) is 10.6 Å². The van der Waals surface area contributed by atoms with Gasteiger partial charge in [0, 0.05) is 13.1 Å². The van der Waals surface area contributed by atoms with Gasteiger partial charge in [0.2, 0.25) is 0 Å². The van der Waals surface area contributed by atoms with Crippen molar-refractivity contribution in [2.75, 3.05) is 26.2 Å². The molecule has 6 N–H and O–H groups in total. The highest BCUT2D eigenvalue weighted by Crippen LogP contribution is 2.15. The summed E-state index contributed by atoms with van der Waals surface area (Å²) in [7, 11) is 0. The standard InChI is InChI=1S/C12H20N2.C6H8O7/c1-3-5-9-13-11-7-8-12-14-10-6-4-2;7-3(8)1-6(13,5(11)12)2-4(9)10/h5-6,13-14H,1-2,7-12H2;13H,1-2H2,(H,7,8)(H,9,10)(H,11,12). The number of hydrogen-bond donors (Lipinski definition) is 6. The second kappa shape index (κ2) is 16.8. The van der Waals surface area contributed by atoms with E-state index in [1.165, 1.54) is 12.8 Å². The van der Waals surface area contributed by atoms with Crippen LogP contribution in [0.5, 0.6) is 0 Å². The van der Waals surface area contributed by atoms with Gasteiger partial charge in [-0.15, -0.1) is 11.5 Å². The monoisotopic (exact) mass is 384 g/mol. The van der Waals surface area contributed by atoms with Crippen molar-refractivity contribution in [3.05, 3.63) is 36.8 Å². The molecule has 152 valence electrons. The van der Waals surface area contributed by atoms with Crippen LogP contribution in [0.2, 0.25) is 0 Å². The van der Waals surface area contributed by atoms with Crippen LogP contribution in [0.15, 0.2) is 36.8 Å². The molecule has 9 heteroatoms. The van der Waals surface area contributed by atoms with Gasteiger partial charge in [-0.2, -0.15) is 0 Å². The van der Waals surface area contributed by atoms with E-state index >= 15 is 0 Å². The molecule has 0 aliphatic rings. The summed E-state index contributed by atoms with van der Waals surface area (Å²) in [6.45, 7) is 10.8. The Morgan fingerprint density at radius 1 is 0.852 bits per heavy atom. The minimum absolute atomic E-state index is 0.871. The molecule has 0 bridgehead atoms. The number of carbonyl (C=O) groups is 3. The average molecular weight is 384 g/mol. The van der Waals surface area contributed by atoms with Gasteiger partial charge in [-0.1, -0.05) is 13.2 Å². The molecular formula is C18H28N2O7. The fraction of sp³-hybridized carbons (Fsp3) is 0.500. The van der Waals surface area contributed by atoms with Gasteiger partial charge in [0.05, 0.1) is 12.8 Å². The van der Waals surface area contributed by atoms with Crippen LogP contribution in [0.3, 0.4) is 0 Å². The maximum atomic E-state index is 10.3. The number of carboxylic acids is 3. The van der Waals surface area contributed by atoms with Gasteiger partial charge in [0.25, 0.3) is 0 Å². The summed E-state index contributed by atoms with van der Waals surface area (Å²) in [4.78, 5) is 30.5. The van der Waals surface area contributed by atoms with E-state index in [0.717, 1.165) is 26.2 Å². The predicted octanol–water partition coefficient (Wildman–Crippen LogP) is 0.380. The Morgan fingerprint density at radius 3 is 1.48 bits per heavy atom. The van der Waals surface area contributed by atoms with Crippen LogP contribution in [-0.2, 0) is 14.4 Å². The molecule has 0 fully saturated rings. The lowest BCUT2D eigenvalue weighted by Crippen LogP contribution is -2.42. The van der Waals surface area contributed by atoms with Gasteiger partial charge >= 0.3 is 17.9 Å². The van der Waals surface area contributed by atoms with Crippen molar-refractivity contribution in [2.45, 2.75) is 31.3 Å². The van der Waals surface area contributed by atoms with Gasteiger partial charge < -0.3 is 31.1 Å². The number of carboxylic acid groups (broad SMARTS) is 3. The van der Waals surface area contributed by atoms with E-state index in [0.29, 0.717) is 0 Å². The van der Waals surface area contributed by atoms with Gasteiger partial charge in [-0.05, 0) is 38.1 Å². The Morgan fingerprint density at radius 2 is 1.22 bits per heavy atom. The normalized spacial score (nSPS) is 9.81. The van der Waals surface area contributed by atoms with Crippen LogP contribution in [-0.4, -0.2) is 70.1 Å². The molecule has 0 aromatic heterocycles. The van der Waals surface area contributed by atoms with Crippen LogP contribution in [0.1, 0.15) is 25.7 Å². The zero-order valence-corrected chi connectivity index (χ0v) is 15.2. The van der Waals surface area contributed by atoms with Crippen molar-refractivity contribution < 1.29 is 34.8 Å². The molecule has 0 aliphatic heterocycles. The third-order valence-electron chi connectivity index (χ3n) is 3.02. The van der Waals surface area contributed by atoms with Crippen molar-refractivity contribution in [1.29, 1.82) is 0 Å². The number of rotatable bonds is 14. The second-order valence-electron chi connectivity index (χ2n) is 5.41. The van der Waals surface area contributed by atoms with E-state index in [9.17, 15) is 14.4 Å². The molecule has 0 saturated heterocycles. The summed E-state index contributed by atoms with van der Waals surface area (Å²) in [6, 6.07) is 0. The first kappa shape index (κ1) is 26.6. The summed E-state index contributed by atoms with van der Waals surface area (Å²) in [5, 5.41) is 40.4. The van der Waals surface area contributed by atoms with E-state index in [1.807, 2.05) is 12.2 Å². The van der Waals surface area contributed by atoms with Crippen molar-refractivity contribution >= 4 is 17.9 Å². The molecule has 0 radical (unpaired) electrons. The fourth-order valence-electron chi connectivity index (χ4n) is 1.71. The van der Waals surface area contributed by atoms with E-state index in [4.69, 9.17) is 20.4 Å². The number of nitrogens with one attached hydrogen (secondary N) is 2. The highest BCUT2D eigenvalue weighted by molar-refractivity contribution is 5.88. The van der Waals surface area contributed by atoms with Crippen molar-refractivity contribution in [3.8, 4) is 0 Å². The Hall–Kier alpha value is -2.67. The molecule has 0 heterocycles. The maximum absolute atomic E-state index is 10.3. The molecule has 27 heavy (non-hydrogen) atoms. The lowest BCUT2D eigenvalue weighted by molar-refractivity contribution is -0.170. The molecule has 0 rings (SSSR count). The third kappa shape index (κ3) is 17.9. The number of hydrogen-bond acceptors (Lipinski definition) is 6. The molecule has 0 aromatic rings. The number of aliphatic hydroxyl groups is 1. The number of unbranched alkanes of at least 4 members (excludes halogenated alkanes) is 1. The lowest BCUT2D eigenvalue weighted by atomic mass is 9.96. The Balaban J connectivity index is 0. The molecule has 0 atom stereocenters. The van der Waals surface area contributed by atoms with Gasteiger partial charge in [0.1, 0.15) is 0 Å². The first-order chi connectivity index (χ1) is 12.7. The number of aliphatic carboxylic acids is 3. The Kier molecular flexibility index (Phi) is 16.5. The van der Waals surface area contributed by atoms with Gasteiger partial charge in [-0.3, -0.25) is 9.59 Å².